The van der Waals surface area contributed by atoms with E-state index in [-0.39, 0.29) is 11.6 Å². The molecule has 1 aromatic heterocycles. The molecule has 1 fully saturated rings. The SMILES string of the molecule is Nc1ccccc1NC(=O)c1cc(NC(=O)C2(c3ccc4ccccc4c3)CCOCC2)[nH]n1. The third-order valence-corrected chi connectivity index (χ3v) is 6.35. The Morgan fingerprint density at radius 3 is 2.44 bits per heavy atom. The number of carbonyl (C=O) groups is 2. The summed E-state index contributed by atoms with van der Waals surface area (Å²) in [6.45, 7) is 0.991. The molecule has 0 radical (unpaired) electrons. The number of nitrogens with one attached hydrogen (secondary N) is 3. The van der Waals surface area contributed by atoms with E-state index in [0.29, 0.717) is 43.2 Å². The van der Waals surface area contributed by atoms with Crippen LogP contribution in [0.5, 0.6) is 0 Å². The summed E-state index contributed by atoms with van der Waals surface area (Å²) in [6.07, 6.45) is 1.12. The molecular weight excluding hydrogens is 430 g/mol. The number of hydrogen-bond donors (Lipinski definition) is 4. The van der Waals surface area contributed by atoms with E-state index in [9.17, 15) is 9.59 Å². The summed E-state index contributed by atoms with van der Waals surface area (Å²) in [6, 6.07) is 22.7. The Kier molecular flexibility index (Phi) is 5.73. The number of aromatic amines is 1. The first kappa shape index (κ1) is 21.7. The van der Waals surface area contributed by atoms with Crippen LogP contribution in [-0.4, -0.2) is 35.2 Å². The summed E-state index contributed by atoms with van der Waals surface area (Å²) in [5.74, 6) is -0.234. The number of fused-ring (bicyclic) bond motifs is 1. The molecule has 5 N–H and O–H groups in total. The number of carbonyl (C=O) groups excluding carboxylic acids is 2. The van der Waals surface area contributed by atoms with Crippen LogP contribution < -0.4 is 16.4 Å². The van der Waals surface area contributed by atoms with Crippen LogP contribution in [0.15, 0.2) is 72.8 Å². The Labute approximate surface area is 196 Å². The molecular formula is C26H25N5O3. The zero-order valence-electron chi connectivity index (χ0n) is 18.5. The second-order valence-electron chi connectivity index (χ2n) is 8.42. The lowest BCUT2D eigenvalue weighted by Gasteiger charge is -2.36. The number of benzene rings is 3. The van der Waals surface area contributed by atoms with Gasteiger partial charge in [-0.2, -0.15) is 5.10 Å². The van der Waals surface area contributed by atoms with Crippen LogP contribution in [0.3, 0.4) is 0 Å². The van der Waals surface area contributed by atoms with Gasteiger partial charge in [-0.05, 0) is 41.3 Å². The van der Waals surface area contributed by atoms with Gasteiger partial charge in [0.2, 0.25) is 5.91 Å². The highest BCUT2D eigenvalue weighted by atomic mass is 16.5. The number of amides is 2. The van der Waals surface area contributed by atoms with E-state index in [1.807, 2.05) is 30.3 Å². The smallest absolute Gasteiger partial charge is 0.276 e. The van der Waals surface area contributed by atoms with Crippen LogP contribution >= 0.6 is 0 Å². The molecule has 0 spiro atoms. The zero-order valence-corrected chi connectivity index (χ0v) is 18.5. The minimum Gasteiger partial charge on any atom is -0.397 e. The average Bonchev–Trinajstić information content (AvgIpc) is 3.34. The minimum absolute atomic E-state index is 0.144. The maximum absolute atomic E-state index is 13.6. The Morgan fingerprint density at radius 2 is 1.65 bits per heavy atom. The second-order valence-corrected chi connectivity index (χ2v) is 8.42. The molecule has 2 heterocycles. The van der Waals surface area contributed by atoms with Gasteiger partial charge in [-0.1, -0.05) is 54.6 Å². The third kappa shape index (κ3) is 4.11. The van der Waals surface area contributed by atoms with Gasteiger partial charge in [0.15, 0.2) is 5.69 Å². The van der Waals surface area contributed by atoms with Crippen molar-refractivity contribution in [1.29, 1.82) is 0 Å². The van der Waals surface area contributed by atoms with Crippen LogP contribution in [0.25, 0.3) is 10.8 Å². The van der Waals surface area contributed by atoms with Gasteiger partial charge >= 0.3 is 0 Å². The van der Waals surface area contributed by atoms with Crippen molar-refractivity contribution in [2.45, 2.75) is 18.3 Å². The molecule has 8 heteroatoms. The standard InChI is InChI=1S/C26H25N5O3/c27-20-7-3-4-8-21(20)28-24(32)22-16-23(31-30-22)29-25(33)26(11-13-34-14-12-26)19-10-9-17-5-1-2-6-18(17)15-19/h1-10,15-16H,11-14,27H2,(H,28,32)(H2,29,30,31,33). The largest absolute Gasteiger partial charge is 0.397 e. The van der Waals surface area contributed by atoms with Crippen LogP contribution in [0.2, 0.25) is 0 Å². The average molecular weight is 456 g/mol. The topological polar surface area (TPSA) is 122 Å². The van der Waals surface area contributed by atoms with E-state index >= 15 is 0 Å². The summed E-state index contributed by atoms with van der Waals surface area (Å²) in [5.41, 5.74) is 7.20. The first-order valence-electron chi connectivity index (χ1n) is 11.1. The van der Waals surface area contributed by atoms with E-state index in [1.54, 1.807) is 24.3 Å². The Balaban J connectivity index is 1.37. The van der Waals surface area contributed by atoms with Crippen molar-refractivity contribution >= 4 is 39.8 Å². The number of hydrogen-bond acceptors (Lipinski definition) is 5. The van der Waals surface area contributed by atoms with Gasteiger partial charge in [-0.3, -0.25) is 14.7 Å². The highest BCUT2D eigenvalue weighted by Gasteiger charge is 2.42. The van der Waals surface area contributed by atoms with Crippen LogP contribution in [0.1, 0.15) is 28.9 Å². The van der Waals surface area contributed by atoms with Crippen molar-refractivity contribution in [3.63, 3.8) is 0 Å². The van der Waals surface area contributed by atoms with Crippen molar-refractivity contribution in [2.75, 3.05) is 29.6 Å². The maximum atomic E-state index is 13.6. The number of rotatable bonds is 5. The Hall–Kier alpha value is -4.17. The summed E-state index contributed by atoms with van der Waals surface area (Å²) in [4.78, 5) is 26.2. The van der Waals surface area contributed by atoms with Gasteiger partial charge in [-0.25, -0.2) is 0 Å². The van der Waals surface area contributed by atoms with E-state index in [2.05, 4.69) is 33.0 Å². The number of H-pyrrole nitrogens is 1. The fourth-order valence-corrected chi connectivity index (χ4v) is 4.39. The summed E-state index contributed by atoms with van der Waals surface area (Å²) < 4.78 is 5.57. The van der Waals surface area contributed by atoms with Crippen molar-refractivity contribution in [1.82, 2.24) is 10.2 Å². The molecule has 0 bridgehead atoms. The Morgan fingerprint density at radius 1 is 0.912 bits per heavy atom. The second kappa shape index (κ2) is 8.99. The van der Waals surface area contributed by atoms with Crippen LogP contribution in [0.4, 0.5) is 17.2 Å². The molecule has 8 nitrogen and oxygen atoms in total. The quantitative estimate of drug-likeness (QED) is 0.338. The van der Waals surface area contributed by atoms with Gasteiger partial charge < -0.3 is 21.1 Å². The van der Waals surface area contributed by atoms with Crippen molar-refractivity contribution < 1.29 is 14.3 Å². The van der Waals surface area contributed by atoms with Crippen molar-refractivity contribution in [3.05, 3.63) is 84.1 Å². The van der Waals surface area contributed by atoms with E-state index in [1.165, 1.54) is 6.07 Å². The molecule has 0 aliphatic carbocycles. The molecule has 4 aromatic rings. The molecule has 34 heavy (non-hydrogen) atoms. The predicted octanol–water partition coefficient (Wildman–Crippen LogP) is 4.08. The molecule has 5 rings (SSSR count). The molecule has 1 aliphatic heterocycles. The molecule has 3 aromatic carbocycles. The number of nitrogens with two attached hydrogens (primary N) is 1. The van der Waals surface area contributed by atoms with Gasteiger partial charge in [0.25, 0.3) is 5.91 Å². The molecule has 0 saturated carbocycles. The highest BCUT2D eigenvalue weighted by Crippen LogP contribution is 2.37. The van der Waals surface area contributed by atoms with Crippen molar-refractivity contribution in [2.24, 2.45) is 0 Å². The Bertz CT molecular complexity index is 1360. The first-order valence-corrected chi connectivity index (χ1v) is 11.1. The summed E-state index contributed by atoms with van der Waals surface area (Å²) >= 11 is 0. The molecule has 1 aliphatic rings. The van der Waals surface area contributed by atoms with E-state index in [0.717, 1.165) is 16.3 Å². The number of para-hydroxylation sites is 2. The van der Waals surface area contributed by atoms with Gasteiger partial charge in [0.05, 0.1) is 16.8 Å². The third-order valence-electron chi connectivity index (χ3n) is 6.35. The number of nitrogens with zero attached hydrogens (tertiary/aromatic N) is 1. The van der Waals surface area contributed by atoms with E-state index in [4.69, 9.17) is 10.5 Å². The fourth-order valence-electron chi connectivity index (χ4n) is 4.39. The van der Waals surface area contributed by atoms with E-state index < -0.39 is 11.3 Å². The normalized spacial score (nSPS) is 15.1. The van der Waals surface area contributed by atoms with Crippen molar-refractivity contribution in [3.8, 4) is 0 Å². The number of aromatic nitrogens is 2. The molecule has 1 saturated heterocycles. The fraction of sp³-hybridized carbons (Fsp3) is 0.192. The number of nitrogen functional groups attached to an aromatic ring is 1. The number of ether oxygens (including phenoxy) is 1. The molecule has 0 atom stereocenters. The van der Waals surface area contributed by atoms with Gasteiger partial charge in [0, 0.05) is 19.3 Å². The van der Waals surface area contributed by atoms with Gasteiger partial charge in [-0.15, -0.1) is 0 Å². The first-order chi connectivity index (χ1) is 16.5. The highest BCUT2D eigenvalue weighted by molar-refractivity contribution is 6.06. The lowest BCUT2D eigenvalue weighted by atomic mass is 9.73. The van der Waals surface area contributed by atoms with Gasteiger partial charge in [0.1, 0.15) is 5.82 Å². The number of anilines is 3. The lowest BCUT2D eigenvalue weighted by Crippen LogP contribution is -2.44. The monoisotopic (exact) mass is 455 g/mol. The minimum atomic E-state index is -0.742. The molecule has 0 unspecified atom stereocenters. The zero-order chi connectivity index (χ0) is 23.5. The summed E-state index contributed by atoms with van der Waals surface area (Å²) in [5, 5.41) is 14.7. The summed E-state index contributed by atoms with van der Waals surface area (Å²) in [7, 11) is 0. The molecule has 172 valence electrons. The van der Waals surface area contributed by atoms with Crippen LogP contribution in [-0.2, 0) is 14.9 Å². The maximum Gasteiger partial charge on any atom is 0.276 e. The van der Waals surface area contributed by atoms with Crippen LogP contribution in [0, 0.1) is 0 Å². The molecule has 2 amide bonds. The predicted molar refractivity (Wildman–Crippen MR) is 132 cm³/mol. The lowest BCUT2D eigenvalue weighted by molar-refractivity contribution is -0.125.